The summed E-state index contributed by atoms with van der Waals surface area (Å²) in [5.74, 6) is 0.778. The summed E-state index contributed by atoms with van der Waals surface area (Å²) in [5.41, 5.74) is 4.40. The fourth-order valence-electron chi connectivity index (χ4n) is 5.69. The molecule has 0 fully saturated rings. The number of esters is 1. The van der Waals surface area contributed by atoms with Crippen LogP contribution in [0.15, 0.2) is 113 Å². The van der Waals surface area contributed by atoms with Crippen LogP contribution in [-0.4, -0.2) is 34.5 Å². The Morgan fingerprint density at radius 1 is 0.889 bits per heavy atom. The van der Waals surface area contributed by atoms with Crippen LogP contribution in [-0.2, 0) is 10.9 Å². The van der Waals surface area contributed by atoms with Crippen molar-refractivity contribution in [1.82, 2.24) is 9.78 Å². The van der Waals surface area contributed by atoms with Crippen LogP contribution in [0.1, 0.15) is 38.8 Å². The summed E-state index contributed by atoms with van der Waals surface area (Å²) in [5, 5.41) is 8.00. The van der Waals surface area contributed by atoms with Gasteiger partial charge in [-0.2, -0.15) is 18.3 Å². The number of hydrogen-bond donors (Lipinski definition) is 1. The molecule has 8 nitrogen and oxygen atoms in total. The van der Waals surface area contributed by atoms with Crippen molar-refractivity contribution >= 4 is 40.5 Å². The Morgan fingerprint density at radius 2 is 1.62 bits per heavy atom. The number of halogens is 3. The SMILES string of the molecule is COC(=O)c1ccc(C2c3c(C)nn(-c4ccccc4)c3N=C3C(Nc4cccc(C(F)(F)F)c4)=Nc4ccccc4N32)cc1. The molecule has 0 bridgehead atoms. The van der Waals surface area contributed by atoms with Crippen LogP contribution in [0.3, 0.4) is 0 Å². The summed E-state index contributed by atoms with van der Waals surface area (Å²) in [6, 6.07) is 28.7. The Kier molecular flexibility index (Phi) is 6.73. The average Bonchev–Trinajstić information content (AvgIpc) is 3.39. The molecule has 0 spiro atoms. The number of methoxy groups -OCH3 is 1. The molecule has 224 valence electrons. The van der Waals surface area contributed by atoms with E-state index in [9.17, 15) is 18.0 Å². The molecule has 2 aliphatic rings. The van der Waals surface area contributed by atoms with Crippen LogP contribution >= 0.6 is 0 Å². The highest BCUT2D eigenvalue weighted by Crippen LogP contribution is 2.48. The molecule has 11 heteroatoms. The van der Waals surface area contributed by atoms with Crippen molar-refractivity contribution in [3.8, 4) is 5.69 Å². The number of alkyl halides is 3. The number of nitrogens with one attached hydrogen (secondary N) is 1. The van der Waals surface area contributed by atoms with E-state index in [2.05, 4.69) is 5.32 Å². The number of fused-ring (bicyclic) bond motifs is 4. The lowest BCUT2D eigenvalue weighted by Gasteiger charge is -2.40. The maximum absolute atomic E-state index is 13.6. The molecule has 5 aromatic rings. The van der Waals surface area contributed by atoms with E-state index in [0.29, 0.717) is 22.9 Å². The van der Waals surface area contributed by atoms with Gasteiger partial charge < -0.3 is 15.0 Å². The van der Waals surface area contributed by atoms with Crippen LogP contribution in [0, 0.1) is 6.92 Å². The fourth-order valence-corrected chi connectivity index (χ4v) is 5.69. The van der Waals surface area contributed by atoms with Crippen molar-refractivity contribution in [3.63, 3.8) is 0 Å². The molecule has 0 saturated carbocycles. The zero-order valence-electron chi connectivity index (χ0n) is 24.1. The topological polar surface area (TPSA) is 84.1 Å². The van der Waals surface area contributed by atoms with Crippen LogP contribution in [0.5, 0.6) is 0 Å². The van der Waals surface area contributed by atoms with Crippen molar-refractivity contribution in [1.29, 1.82) is 0 Å². The summed E-state index contributed by atoms with van der Waals surface area (Å²) in [7, 11) is 1.33. The van der Waals surface area contributed by atoms with Gasteiger partial charge in [0, 0.05) is 11.3 Å². The van der Waals surface area contributed by atoms with Gasteiger partial charge in [0.25, 0.3) is 0 Å². The third-order valence-corrected chi connectivity index (χ3v) is 7.74. The van der Waals surface area contributed by atoms with E-state index in [0.717, 1.165) is 40.3 Å². The summed E-state index contributed by atoms with van der Waals surface area (Å²) in [4.78, 5) is 24.2. The first-order valence-electron chi connectivity index (χ1n) is 14.1. The molecule has 1 unspecified atom stereocenters. The number of aryl methyl sites for hydroxylation is 1. The van der Waals surface area contributed by atoms with Crippen LogP contribution in [0.4, 0.5) is 36.1 Å². The molecule has 1 aromatic heterocycles. The first-order valence-corrected chi connectivity index (χ1v) is 14.1. The lowest BCUT2D eigenvalue weighted by molar-refractivity contribution is -0.137. The molecule has 0 radical (unpaired) electrons. The Bertz CT molecular complexity index is 2000. The molecule has 2 aliphatic heterocycles. The zero-order valence-corrected chi connectivity index (χ0v) is 24.1. The monoisotopic (exact) mass is 606 g/mol. The fraction of sp³-hybridized carbons (Fsp3) is 0.118. The van der Waals surface area contributed by atoms with E-state index in [-0.39, 0.29) is 11.5 Å². The number of rotatable bonds is 4. The van der Waals surface area contributed by atoms with Gasteiger partial charge in [-0.3, -0.25) is 0 Å². The molecular weight excluding hydrogens is 581 g/mol. The predicted octanol–water partition coefficient (Wildman–Crippen LogP) is 7.78. The second kappa shape index (κ2) is 10.8. The van der Waals surface area contributed by atoms with Crippen molar-refractivity contribution < 1.29 is 22.7 Å². The number of carbonyl (C=O) groups is 1. The van der Waals surface area contributed by atoms with Crippen LogP contribution < -0.4 is 10.2 Å². The number of hydrogen-bond acceptors (Lipinski definition) is 7. The first kappa shape index (κ1) is 28.1. The summed E-state index contributed by atoms with van der Waals surface area (Å²) >= 11 is 0. The minimum Gasteiger partial charge on any atom is -0.465 e. The number of nitrogens with zero attached hydrogens (tertiary/aromatic N) is 5. The van der Waals surface area contributed by atoms with Gasteiger partial charge in [-0.25, -0.2) is 19.5 Å². The number of amidine groups is 2. The molecule has 0 aliphatic carbocycles. The molecule has 7 rings (SSSR count). The van der Waals surface area contributed by atoms with Crippen LogP contribution in [0.25, 0.3) is 5.69 Å². The number of carbonyl (C=O) groups excluding carboxylic acids is 1. The third kappa shape index (κ3) is 4.92. The summed E-state index contributed by atoms with van der Waals surface area (Å²) in [6.45, 7) is 1.92. The van der Waals surface area contributed by atoms with Crippen molar-refractivity contribution in [2.75, 3.05) is 17.3 Å². The number of anilines is 2. The quantitative estimate of drug-likeness (QED) is 0.211. The first-order chi connectivity index (χ1) is 21.7. The molecule has 0 saturated heterocycles. The standard InChI is InChI=1S/C34H25F3N6O2/c1-20-28-29(21-15-17-22(18-16-21)33(44)45-2)42-27-14-7-6-13-26(27)39-30(38-24-10-8-9-23(19-24)34(35,36)37)32(42)40-31(28)43(41-20)25-11-4-3-5-12-25/h3-19,29H,1-2H3,(H,38,39). The van der Waals surface area contributed by atoms with Gasteiger partial charge in [-0.15, -0.1) is 0 Å². The average molecular weight is 607 g/mol. The highest BCUT2D eigenvalue weighted by atomic mass is 19.4. The lowest BCUT2D eigenvalue weighted by atomic mass is 9.92. The van der Waals surface area contributed by atoms with Crippen molar-refractivity contribution in [3.05, 3.63) is 131 Å². The number of para-hydroxylation sites is 3. The molecule has 0 amide bonds. The molecule has 3 heterocycles. The summed E-state index contributed by atoms with van der Waals surface area (Å²) < 4.78 is 47.5. The van der Waals surface area contributed by atoms with E-state index in [1.54, 1.807) is 22.9 Å². The Labute approximate surface area is 256 Å². The van der Waals surface area contributed by atoms with Gasteiger partial charge in [0.1, 0.15) is 0 Å². The zero-order chi connectivity index (χ0) is 31.3. The van der Waals surface area contributed by atoms with Gasteiger partial charge in [-0.1, -0.05) is 48.5 Å². The highest BCUT2D eigenvalue weighted by Gasteiger charge is 2.41. The van der Waals surface area contributed by atoms with E-state index in [4.69, 9.17) is 19.8 Å². The third-order valence-electron chi connectivity index (χ3n) is 7.74. The summed E-state index contributed by atoms with van der Waals surface area (Å²) in [6.07, 6.45) is -4.51. The van der Waals surface area contributed by atoms with E-state index in [1.807, 2.05) is 78.6 Å². The van der Waals surface area contributed by atoms with Crippen molar-refractivity contribution in [2.24, 2.45) is 9.98 Å². The number of ether oxygens (including phenoxy) is 1. The Morgan fingerprint density at radius 3 is 2.36 bits per heavy atom. The highest BCUT2D eigenvalue weighted by molar-refractivity contribution is 6.51. The van der Waals surface area contributed by atoms with Crippen molar-refractivity contribution in [2.45, 2.75) is 19.1 Å². The number of aromatic nitrogens is 2. The Balaban J connectivity index is 1.45. The number of benzene rings is 4. The van der Waals surface area contributed by atoms with Gasteiger partial charge in [0.2, 0.25) is 0 Å². The smallest absolute Gasteiger partial charge is 0.416 e. The van der Waals surface area contributed by atoms with E-state index >= 15 is 0 Å². The Hall–Kier alpha value is -5.71. The maximum Gasteiger partial charge on any atom is 0.416 e. The molecule has 1 N–H and O–H groups in total. The lowest BCUT2D eigenvalue weighted by Crippen LogP contribution is -2.46. The minimum absolute atomic E-state index is 0.211. The van der Waals surface area contributed by atoms with Crippen LogP contribution in [0.2, 0.25) is 0 Å². The molecular formula is C34H25F3N6O2. The largest absolute Gasteiger partial charge is 0.465 e. The van der Waals surface area contributed by atoms with E-state index < -0.39 is 23.8 Å². The van der Waals surface area contributed by atoms with Gasteiger partial charge in [0.05, 0.1) is 47.0 Å². The molecule has 45 heavy (non-hydrogen) atoms. The second-order valence-corrected chi connectivity index (χ2v) is 10.5. The molecule has 4 aromatic carbocycles. The molecule has 1 atom stereocenters. The van der Waals surface area contributed by atoms with E-state index in [1.165, 1.54) is 13.2 Å². The van der Waals surface area contributed by atoms with Gasteiger partial charge in [0.15, 0.2) is 17.5 Å². The van der Waals surface area contributed by atoms with Gasteiger partial charge in [-0.05, 0) is 67.1 Å². The normalized spacial score (nSPS) is 15.3. The minimum atomic E-state index is -4.51. The van der Waals surface area contributed by atoms with Gasteiger partial charge >= 0.3 is 12.1 Å². The second-order valence-electron chi connectivity index (χ2n) is 10.5. The number of aliphatic imine (C=N–C) groups is 2. The maximum atomic E-state index is 13.6. The predicted molar refractivity (Wildman–Crippen MR) is 166 cm³/mol.